The first kappa shape index (κ1) is 7.84. The topological polar surface area (TPSA) is 0 Å². The van der Waals surface area contributed by atoms with E-state index in [1.54, 1.807) is 0 Å². The third-order valence-electron chi connectivity index (χ3n) is 3.03. The predicted octanol–water partition coefficient (Wildman–Crippen LogP) is 3.39. The Balaban J connectivity index is 2.59. The van der Waals surface area contributed by atoms with Gasteiger partial charge in [-0.25, -0.2) is 0 Å². The second kappa shape index (κ2) is 2.77. The van der Waals surface area contributed by atoms with E-state index in [2.05, 4.69) is 32.9 Å². The van der Waals surface area contributed by atoms with Crippen molar-refractivity contribution in [3.8, 4) is 0 Å². The van der Waals surface area contributed by atoms with Crippen molar-refractivity contribution in [2.75, 3.05) is 0 Å². The van der Waals surface area contributed by atoms with E-state index >= 15 is 0 Å². The summed E-state index contributed by atoms with van der Waals surface area (Å²) in [7, 11) is 0. The summed E-state index contributed by atoms with van der Waals surface area (Å²) >= 11 is 0. The standard InChI is InChI=1S/C10H18/c1-9(2)10(3)7-5-4-6-8-10/h4-5,9H,6-8H2,1-3H3. The van der Waals surface area contributed by atoms with Crippen molar-refractivity contribution in [1.82, 2.24) is 0 Å². The zero-order valence-electron chi connectivity index (χ0n) is 7.35. The van der Waals surface area contributed by atoms with E-state index < -0.39 is 0 Å². The highest BCUT2D eigenvalue weighted by Crippen LogP contribution is 2.38. The van der Waals surface area contributed by atoms with Crippen LogP contribution >= 0.6 is 0 Å². The van der Waals surface area contributed by atoms with E-state index in [-0.39, 0.29) is 0 Å². The van der Waals surface area contributed by atoms with Crippen molar-refractivity contribution in [3.63, 3.8) is 0 Å². The van der Waals surface area contributed by atoms with Crippen LogP contribution in [0.3, 0.4) is 0 Å². The smallest absolute Gasteiger partial charge is 0.0265 e. The molecule has 10 heavy (non-hydrogen) atoms. The van der Waals surface area contributed by atoms with Gasteiger partial charge in [-0.1, -0.05) is 32.9 Å². The molecule has 0 spiro atoms. The van der Waals surface area contributed by atoms with Crippen molar-refractivity contribution < 1.29 is 0 Å². The molecule has 0 aromatic rings. The highest BCUT2D eigenvalue weighted by Gasteiger charge is 2.27. The van der Waals surface area contributed by atoms with Crippen LogP contribution in [0.5, 0.6) is 0 Å². The SMILES string of the molecule is CC(C)C1(C)CC=CCC1. The fourth-order valence-corrected chi connectivity index (χ4v) is 1.51. The minimum absolute atomic E-state index is 0.592. The molecule has 0 N–H and O–H groups in total. The molecule has 0 radical (unpaired) electrons. The number of hydrogen-bond acceptors (Lipinski definition) is 0. The second-order valence-electron chi connectivity index (χ2n) is 4.02. The summed E-state index contributed by atoms with van der Waals surface area (Å²) in [6.07, 6.45) is 8.59. The maximum absolute atomic E-state index is 2.40. The molecule has 1 aliphatic carbocycles. The van der Waals surface area contributed by atoms with Crippen molar-refractivity contribution in [2.45, 2.75) is 40.0 Å². The number of allylic oxidation sites excluding steroid dienone is 2. The molecule has 1 rings (SSSR count). The summed E-state index contributed by atoms with van der Waals surface area (Å²) in [5, 5.41) is 0. The lowest BCUT2D eigenvalue weighted by Crippen LogP contribution is -2.24. The van der Waals surface area contributed by atoms with E-state index in [0.717, 1.165) is 5.92 Å². The molecule has 0 aliphatic heterocycles. The Morgan fingerprint density at radius 3 is 2.30 bits per heavy atom. The summed E-state index contributed by atoms with van der Waals surface area (Å²) in [5.41, 5.74) is 0.592. The summed E-state index contributed by atoms with van der Waals surface area (Å²) in [6.45, 7) is 7.07. The third-order valence-corrected chi connectivity index (χ3v) is 3.03. The summed E-state index contributed by atoms with van der Waals surface area (Å²) in [6, 6.07) is 0. The molecular weight excluding hydrogens is 120 g/mol. The van der Waals surface area contributed by atoms with Crippen molar-refractivity contribution in [2.24, 2.45) is 11.3 Å². The molecule has 0 aromatic heterocycles. The van der Waals surface area contributed by atoms with Gasteiger partial charge in [-0.3, -0.25) is 0 Å². The number of hydrogen-bond donors (Lipinski definition) is 0. The minimum atomic E-state index is 0.592. The van der Waals surface area contributed by atoms with Crippen LogP contribution in [0.4, 0.5) is 0 Å². The molecule has 0 aromatic carbocycles. The molecule has 0 bridgehead atoms. The molecule has 0 fully saturated rings. The van der Waals surface area contributed by atoms with Gasteiger partial charge in [0.15, 0.2) is 0 Å². The first-order chi connectivity index (χ1) is 4.65. The van der Waals surface area contributed by atoms with Gasteiger partial charge in [0.05, 0.1) is 0 Å². The average molecular weight is 138 g/mol. The van der Waals surface area contributed by atoms with Gasteiger partial charge in [0.1, 0.15) is 0 Å². The molecule has 0 heterocycles. The molecular formula is C10H18. The Hall–Kier alpha value is -0.260. The van der Waals surface area contributed by atoms with Gasteiger partial charge in [0.2, 0.25) is 0 Å². The number of rotatable bonds is 1. The molecule has 1 aliphatic rings. The second-order valence-corrected chi connectivity index (χ2v) is 4.02. The van der Waals surface area contributed by atoms with Gasteiger partial charge in [-0.2, -0.15) is 0 Å². The Kier molecular flexibility index (Phi) is 2.18. The van der Waals surface area contributed by atoms with E-state index in [1.165, 1.54) is 19.3 Å². The fraction of sp³-hybridized carbons (Fsp3) is 0.800. The largest absolute Gasteiger partial charge is 0.0885 e. The summed E-state index contributed by atoms with van der Waals surface area (Å²) in [5.74, 6) is 0.831. The fourth-order valence-electron chi connectivity index (χ4n) is 1.51. The zero-order valence-corrected chi connectivity index (χ0v) is 7.35. The molecule has 58 valence electrons. The molecule has 0 nitrogen and oxygen atoms in total. The Morgan fingerprint density at radius 1 is 1.30 bits per heavy atom. The van der Waals surface area contributed by atoms with E-state index in [4.69, 9.17) is 0 Å². The molecule has 0 amide bonds. The van der Waals surface area contributed by atoms with E-state index in [9.17, 15) is 0 Å². The van der Waals surface area contributed by atoms with Crippen molar-refractivity contribution in [1.29, 1.82) is 0 Å². The van der Waals surface area contributed by atoms with Gasteiger partial charge in [-0.15, -0.1) is 0 Å². The lowest BCUT2D eigenvalue weighted by molar-refractivity contribution is 0.196. The zero-order chi connectivity index (χ0) is 7.61. The van der Waals surface area contributed by atoms with Gasteiger partial charge in [-0.05, 0) is 30.6 Å². The maximum atomic E-state index is 2.40. The molecule has 0 heteroatoms. The van der Waals surface area contributed by atoms with Gasteiger partial charge in [0, 0.05) is 0 Å². The first-order valence-corrected chi connectivity index (χ1v) is 4.30. The van der Waals surface area contributed by atoms with Crippen LogP contribution in [0.1, 0.15) is 40.0 Å². The van der Waals surface area contributed by atoms with Crippen molar-refractivity contribution >= 4 is 0 Å². The van der Waals surface area contributed by atoms with Crippen LogP contribution in [-0.4, -0.2) is 0 Å². The molecule has 1 unspecified atom stereocenters. The highest BCUT2D eigenvalue weighted by molar-refractivity contribution is 4.96. The lowest BCUT2D eigenvalue weighted by atomic mass is 9.71. The summed E-state index contributed by atoms with van der Waals surface area (Å²) in [4.78, 5) is 0. The summed E-state index contributed by atoms with van der Waals surface area (Å²) < 4.78 is 0. The average Bonchev–Trinajstić information content (AvgIpc) is 1.89. The lowest BCUT2D eigenvalue weighted by Gasteiger charge is -2.34. The quantitative estimate of drug-likeness (QED) is 0.487. The monoisotopic (exact) mass is 138 g/mol. The highest BCUT2D eigenvalue weighted by atomic mass is 14.3. The van der Waals surface area contributed by atoms with Crippen LogP contribution in [0.15, 0.2) is 12.2 Å². The van der Waals surface area contributed by atoms with Crippen LogP contribution in [-0.2, 0) is 0 Å². The van der Waals surface area contributed by atoms with Crippen LogP contribution < -0.4 is 0 Å². The third kappa shape index (κ3) is 1.42. The Labute approximate surface area is 64.3 Å². The molecule has 0 saturated heterocycles. The first-order valence-electron chi connectivity index (χ1n) is 4.30. The van der Waals surface area contributed by atoms with Crippen molar-refractivity contribution in [3.05, 3.63) is 12.2 Å². The molecule has 1 atom stereocenters. The minimum Gasteiger partial charge on any atom is -0.0885 e. The van der Waals surface area contributed by atoms with E-state index in [0.29, 0.717) is 5.41 Å². The Bertz CT molecular complexity index is 133. The van der Waals surface area contributed by atoms with Gasteiger partial charge in [0.25, 0.3) is 0 Å². The van der Waals surface area contributed by atoms with Gasteiger partial charge >= 0.3 is 0 Å². The normalized spacial score (nSPS) is 33.2. The van der Waals surface area contributed by atoms with Gasteiger partial charge < -0.3 is 0 Å². The van der Waals surface area contributed by atoms with E-state index in [1.807, 2.05) is 0 Å². The molecule has 0 saturated carbocycles. The van der Waals surface area contributed by atoms with Crippen LogP contribution in [0.2, 0.25) is 0 Å². The predicted molar refractivity (Wildman–Crippen MR) is 45.9 cm³/mol. The maximum Gasteiger partial charge on any atom is -0.0265 e. The van der Waals surface area contributed by atoms with Crippen LogP contribution in [0, 0.1) is 11.3 Å². The Morgan fingerprint density at radius 2 is 2.00 bits per heavy atom. The van der Waals surface area contributed by atoms with Crippen LogP contribution in [0.25, 0.3) is 0 Å².